The van der Waals surface area contributed by atoms with E-state index in [0.717, 1.165) is 67.3 Å². The smallest absolute Gasteiger partial charge is 0.0822 e. The van der Waals surface area contributed by atoms with E-state index in [1.807, 2.05) is 30.5 Å². The van der Waals surface area contributed by atoms with Crippen molar-refractivity contribution < 1.29 is 10.2 Å². The highest BCUT2D eigenvalue weighted by atomic mass is 35.5. The molecule has 0 bridgehead atoms. The molecule has 2 atom stereocenters. The lowest BCUT2D eigenvalue weighted by atomic mass is 9.96. The molecular formula is C20H27ClN4O2. The van der Waals surface area contributed by atoms with Crippen molar-refractivity contribution in [2.75, 3.05) is 26.2 Å². The molecule has 0 saturated carbocycles. The molecule has 3 N–H and O–H groups in total. The molecule has 0 amide bonds. The molecule has 2 aliphatic heterocycles. The number of hydrogen-bond acceptors (Lipinski definition) is 5. The predicted octanol–water partition coefficient (Wildman–Crippen LogP) is 2.12. The maximum Gasteiger partial charge on any atom is 0.0822 e. The van der Waals surface area contributed by atoms with Crippen LogP contribution >= 0.6 is 11.6 Å². The molecule has 2 aliphatic rings. The van der Waals surface area contributed by atoms with Crippen molar-refractivity contribution in [3.05, 3.63) is 41.0 Å². The number of rotatable bonds is 4. The van der Waals surface area contributed by atoms with Gasteiger partial charge < -0.3 is 10.2 Å². The lowest BCUT2D eigenvalue weighted by molar-refractivity contribution is -0.0355. The van der Waals surface area contributed by atoms with Crippen LogP contribution in [0.3, 0.4) is 0 Å². The Morgan fingerprint density at radius 1 is 1.07 bits per heavy atom. The van der Waals surface area contributed by atoms with Crippen LogP contribution in [-0.2, 0) is 6.54 Å². The van der Waals surface area contributed by atoms with Gasteiger partial charge >= 0.3 is 0 Å². The van der Waals surface area contributed by atoms with Gasteiger partial charge in [0.15, 0.2) is 0 Å². The van der Waals surface area contributed by atoms with E-state index >= 15 is 0 Å². The Balaban J connectivity index is 1.38. The topological polar surface area (TPSA) is 75.6 Å². The van der Waals surface area contributed by atoms with Crippen LogP contribution in [0.1, 0.15) is 24.8 Å². The van der Waals surface area contributed by atoms with E-state index in [2.05, 4.69) is 20.0 Å². The van der Waals surface area contributed by atoms with Gasteiger partial charge in [-0.1, -0.05) is 23.7 Å². The standard InChI is InChI=1S/C20H27ClN4O2/c21-16-3-1-14(2-4-16)20-15(11-22-23-20)12-24-8-7-18(19(27)13-24)25-9-5-17(26)6-10-25/h1-4,11,17-19,26-27H,5-10,12-13H2,(H,22,23)/t18-,19-/m1/s1. The summed E-state index contributed by atoms with van der Waals surface area (Å²) in [7, 11) is 0. The molecule has 0 radical (unpaired) electrons. The monoisotopic (exact) mass is 390 g/mol. The van der Waals surface area contributed by atoms with Gasteiger partial charge in [0.25, 0.3) is 0 Å². The minimum Gasteiger partial charge on any atom is -0.393 e. The number of H-pyrrole nitrogens is 1. The van der Waals surface area contributed by atoms with E-state index in [4.69, 9.17) is 11.6 Å². The first-order chi connectivity index (χ1) is 13.1. The summed E-state index contributed by atoms with van der Waals surface area (Å²) in [6, 6.07) is 7.95. The Morgan fingerprint density at radius 3 is 2.52 bits per heavy atom. The summed E-state index contributed by atoms with van der Waals surface area (Å²) >= 11 is 5.99. The zero-order chi connectivity index (χ0) is 18.8. The highest BCUT2D eigenvalue weighted by molar-refractivity contribution is 6.30. The normalized spacial score (nSPS) is 25.7. The molecule has 4 rings (SSSR count). The number of likely N-dealkylation sites (tertiary alicyclic amines) is 2. The fraction of sp³-hybridized carbons (Fsp3) is 0.550. The number of benzene rings is 1. The van der Waals surface area contributed by atoms with Crippen molar-refractivity contribution in [2.24, 2.45) is 0 Å². The van der Waals surface area contributed by atoms with E-state index in [1.165, 1.54) is 0 Å². The van der Waals surface area contributed by atoms with Crippen molar-refractivity contribution in [1.29, 1.82) is 0 Å². The first-order valence-electron chi connectivity index (χ1n) is 9.71. The number of nitrogens with one attached hydrogen (secondary N) is 1. The minimum atomic E-state index is -0.361. The van der Waals surface area contributed by atoms with Crippen LogP contribution < -0.4 is 0 Å². The first-order valence-corrected chi connectivity index (χ1v) is 10.1. The van der Waals surface area contributed by atoms with Gasteiger partial charge in [0.1, 0.15) is 0 Å². The number of aliphatic hydroxyl groups excluding tert-OH is 2. The Hall–Kier alpha value is -1.44. The van der Waals surface area contributed by atoms with Gasteiger partial charge in [0.05, 0.1) is 24.1 Å². The van der Waals surface area contributed by atoms with E-state index in [0.29, 0.717) is 6.54 Å². The van der Waals surface area contributed by atoms with E-state index in [-0.39, 0.29) is 18.2 Å². The van der Waals surface area contributed by atoms with Crippen molar-refractivity contribution in [1.82, 2.24) is 20.0 Å². The van der Waals surface area contributed by atoms with Gasteiger partial charge in [-0.25, -0.2) is 0 Å². The summed E-state index contributed by atoms with van der Waals surface area (Å²) in [6.45, 7) is 4.13. The Labute approximate surface area is 164 Å². The van der Waals surface area contributed by atoms with E-state index in [9.17, 15) is 10.2 Å². The fourth-order valence-corrected chi connectivity index (χ4v) is 4.44. The first kappa shape index (κ1) is 18.9. The SMILES string of the molecule is OC1CCN([C@@H]2CCN(Cc3cn[nH]c3-c3ccc(Cl)cc3)C[C@H]2O)CC1. The zero-order valence-electron chi connectivity index (χ0n) is 15.4. The minimum absolute atomic E-state index is 0.175. The summed E-state index contributed by atoms with van der Waals surface area (Å²) < 4.78 is 0. The molecule has 2 fully saturated rings. The second kappa shape index (κ2) is 8.29. The van der Waals surface area contributed by atoms with E-state index in [1.54, 1.807) is 0 Å². The molecule has 0 aliphatic carbocycles. The van der Waals surface area contributed by atoms with E-state index < -0.39 is 0 Å². The molecule has 27 heavy (non-hydrogen) atoms. The average molecular weight is 391 g/mol. The molecule has 0 spiro atoms. The Kier molecular flexibility index (Phi) is 5.80. The van der Waals surface area contributed by atoms with Crippen molar-refractivity contribution in [3.63, 3.8) is 0 Å². The number of aromatic amines is 1. The number of aliphatic hydroxyl groups is 2. The van der Waals surface area contributed by atoms with Gasteiger partial charge in [0, 0.05) is 49.4 Å². The number of β-amino-alcohol motifs (C(OH)–C–C–N with tert-alkyl or cyclic N) is 1. The largest absolute Gasteiger partial charge is 0.393 e. The van der Waals surface area contributed by atoms with Crippen molar-refractivity contribution in [3.8, 4) is 11.3 Å². The van der Waals surface area contributed by atoms with Gasteiger partial charge in [-0.15, -0.1) is 0 Å². The van der Waals surface area contributed by atoms with Crippen LogP contribution in [0.25, 0.3) is 11.3 Å². The number of halogens is 1. The van der Waals surface area contributed by atoms with Crippen molar-refractivity contribution in [2.45, 2.75) is 44.1 Å². The van der Waals surface area contributed by atoms with Gasteiger partial charge in [-0.3, -0.25) is 14.9 Å². The van der Waals surface area contributed by atoms with Crippen molar-refractivity contribution >= 4 is 11.6 Å². The molecule has 2 aromatic rings. The maximum atomic E-state index is 10.7. The second-order valence-electron chi connectivity index (χ2n) is 7.70. The summed E-state index contributed by atoms with van der Waals surface area (Å²) in [5, 5.41) is 28.5. The van der Waals surface area contributed by atoms with Crippen LogP contribution in [0.15, 0.2) is 30.5 Å². The maximum absolute atomic E-state index is 10.7. The molecule has 6 nitrogen and oxygen atoms in total. The molecule has 1 aromatic heterocycles. The quantitative estimate of drug-likeness (QED) is 0.745. The molecule has 7 heteroatoms. The highest BCUT2D eigenvalue weighted by Gasteiger charge is 2.34. The third-order valence-electron chi connectivity index (χ3n) is 5.84. The lowest BCUT2D eigenvalue weighted by Crippen LogP contribution is -2.55. The number of nitrogens with zero attached hydrogens (tertiary/aromatic N) is 3. The zero-order valence-corrected chi connectivity index (χ0v) is 16.1. The number of aromatic nitrogens is 2. The summed E-state index contributed by atoms with van der Waals surface area (Å²) in [5.74, 6) is 0. The lowest BCUT2D eigenvalue weighted by Gasteiger charge is -2.43. The molecule has 0 unspecified atom stereocenters. The van der Waals surface area contributed by atoms with Crippen LogP contribution in [-0.4, -0.2) is 74.6 Å². The average Bonchev–Trinajstić information content (AvgIpc) is 3.12. The molecular weight excluding hydrogens is 364 g/mol. The number of hydrogen-bond donors (Lipinski definition) is 3. The Bertz CT molecular complexity index is 743. The Morgan fingerprint density at radius 2 is 1.81 bits per heavy atom. The van der Waals surface area contributed by atoms with Gasteiger partial charge in [-0.2, -0.15) is 5.10 Å². The third-order valence-corrected chi connectivity index (χ3v) is 6.10. The summed E-state index contributed by atoms with van der Waals surface area (Å²) in [6.07, 6.45) is 3.91. The number of piperidine rings is 2. The molecule has 3 heterocycles. The van der Waals surface area contributed by atoms with Crippen LogP contribution in [0.4, 0.5) is 0 Å². The highest BCUT2D eigenvalue weighted by Crippen LogP contribution is 2.26. The van der Waals surface area contributed by atoms with Gasteiger partial charge in [0.2, 0.25) is 0 Å². The van der Waals surface area contributed by atoms with Crippen LogP contribution in [0.5, 0.6) is 0 Å². The summed E-state index contributed by atoms with van der Waals surface area (Å²) in [5.41, 5.74) is 3.20. The van der Waals surface area contributed by atoms with Crippen LogP contribution in [0, 0.1) is 0 Å². The van der Waals surface area contributed by atoms with Crippen LogP contribution in [0.2, 0.25) is 5.02 Å². The molecule has 146 valence electrons. The molecule has 1 aromatic carbocycles. The van der Waals surface area contributed by atoms with Gasteiger partial charge in [-0.05, 0) is 37.0 Å². The second-order valence-corrected chi connectivity index (χ2v) is 8.14. The predicted molar refractivity (Wildman–Crippen MR) is 106 cm³/mol. The third kappa shape index (κ3) is 4.36. The summed E-state index contributed by atoms with van der Waals surface area (Å²) in [4.78, 5) is 4.65. The fourth-order valence-electron chi connectivity index (χ4n) is 4.31. The molecule has 2 saturated heterocycles.